The number of thiazole rings is 1. The van der Waals surface area contributed by atoms with Crippen LogP contribution in [0.2, 0.25) is 0 Å². The molecule has 0 bridgehead atoms. The SMILES string of the molecule is Cn1c(=NC(=O)CCc2ccccc2)sc2cc3c(cc21)OCCO3. The van der Waals surface area contributed by atoms with Crippen LogP contribution in [0.3, 0.4) is 0 Å². The molecule has 1 amide bonds. The van der Waals surface area contributed by atoms with Gasteiger partial charge in [0, 0.05) is 25.6 Å². The van der Waals surface area contributed by atoms with E-state index < -0.39 is 0 Å². The van der Waals surface area contributed by atoms with Crippen LogP contribution < -0.4 is 14.3 Å². The first kappa shape index (κ1) is 15.9. The fraction of sp³-hybridized carbons (Fsp3) is 0.263. The smallest absolute Gasteiger partial charge is 0.248 e. The van der Waals surface area contributed by atoms with Crippen molar-refractivity contribution in [2.24, 2.45) is 12.0 Å². The number of aromatic nitrogens is 1. The average molecular weight is 354 g/mol. The summed E-state index contributed by atoms with van der Waals surface area (Å²) in [5.41, 5.74) is 2.14. The van der Waals surface area contributed by atoms with Gasteiger partial charge in [-0.05, 0) is 12.0 Å². The molecule has 2 heterocycles. The summed E-state index contributed by atoms with van der Waals surface area (Å²) in [5, 5.41) is 0. The highest BCUT2D eigenvalue weighted by Gasteiger charge is 2.15. The van der Waals surface area contributed by atoms with E-state index in [1.54, 1.807) is 0 Å². The summed E-state index contributed by atoms with van der Waals surface area (Å²) in [5.74, 6) is 1.39. The lowest BCUT2D eigenvalue weighted by Crippen LogP contribution is -2.15. The highest BCUT2D eigenvalue weighted by Crippen LogP contribution is 2.35. The molecule has 2 aromatic carbocycles. The molecule has 4 rings (SSSR count). The number of hydrogen-bond acceptors (Lipinski definition) is 4. The Hall–Kier alpha value is -2.60. The standard InChI is InChI=1S/C19H18N2O3S/c1-21-14-11-15-16(24-10-9-23-15)12-17(14)25-19(21)20-18(22)8-7-13-5-3-2-4-6-13/h2-6,11-12H,7-10H2,1H3. The van der Waals surface area contributed by atoms with E-state index in [4.69, 9.17) is 9.47 Å². The number of aryl methyl sites for hydroxylation is 2. The van der Waals surface area contributed by atoms with Gasteiger partial charge in [0.25, 0.3) is 0 Å². The predicted molar refractivity (Wildman–Crippen MR) is 97.1 cm³/mol. The van der Waals surface area contributed by atoms with Crippen LogP contribution in [-0.2, 0) is 18.3 Å². The second-order valence-corrected chi connectivity index (χ2v) is 6.91. The summed E-state index contributed by atoms with van der Waals surface area (Å²) in [6.45, 7) is 1.12. The van der Waals surface area contributed by atoms with E-state index in [9.17, 15) is 4.79 Å². The van der Waals surface area contributed by atoms with Crippen LogP contribution in [0, 0.1) is 0 Å². The zero-order valence-corrected chi connectivity index (χ0v) is 14.7. The van der Waals surface area contributed by atoms with Crippen molar-refractivity contribution in [3.05, 3.63) is 52.8 Å². The zero-order chi connectivity index (χ0) is 17.2. The zero-order valence-electron chi connectivity index (χ0n) is 13.9. The van der Waals surface area contributed by atoms with Crippen LogP contribution in [0.1, 0.15) is 12.0 Å². The molecule has 0 saturated heterocycles. The molecule has 5 nitrogen and oxygen atoms in total. The summed E-state index contributed by atoms with van der Waals surface area (Å²) >= 11 is 1.49. The molecule has 0 atom stereocenters. The summed E-state index contributed by atoms with van der Waals surface area (Å²) in [7, 11) is 1.91. The first-order valence-corrected chi connectivity index (χ1v) is 9.03. The lowest BCUT2D eigenvalue weighted by Gasteiger charge is -2.18. The minimum Gasteiger partial charge on any atom is -0.486 e. The summed E-state index contributed by atoms with van der Waals surface area (Å²) in [6, 6.07) is 13.9. The van der Waals surface area contributed by atoms with Crippen LogP contribution in [0.5, 0.6) is 11.5 Å². The summed E-state index contributed by atoms with van der Waals surface area (Å²) in [6.07, 6.45) is 1.11. The van der Waals surface area contributed by atoms with Crippen LogP contribution in [-0.4, -0.2) is 23.7 Å². The molecular formula is C19H18N2O3S. The van der Waals surface area contributed by atoms with E-state index >= 15 is 0 Å². The van der Waals surface area contributed by atoms with E-state index in [-0.39, 0.29) is 5.91 Å². The third-order valence-corrected chi connectivity index (χ3v) is 5.26. The highest BCUT2D eigenvalue weighted by atomic mass is 32.1. The Balaban J connectivity index is 1.60. The Bertz CT molecular complexity index is 989. The third-order valence-electron chi connectivity index (χ3n) is 4.16. The van der Waals surface area contributed by atoms with Gasteiger partial charge >= 0.3 is 0 Å². The highest BCUT2D eigenvalue weighted by molar-refractivity contribution is 7.16. The van der Waals surface area contributed by atoms with Gasteiger partial charge in [-0.25, -0.2) is 0 Å². The largest absolute Gasteiger partial charge is 0.486 e. The Kier molecular flexibility index (Phi) is 4.28. The Morgan fingerprint density at radius 3 is 2.64 bits per heavy atom. The van der Waals surface area contributed by atoms with Crippen molar-refractivity contribution in [1.29, 1.82) is 0 Å². The van der Waals surface area contributed by atoms with Gasteiger partial charge in [0.2, 0.25) is 5.91 Å². The van der Waals surface area contributed by atoms with Gasteiger partial charge in [-0.3, -0.25) is 4.79 Å². The number of rotatable bonds is 3. The van der Waals surface area contributed by atoms with Gasteiger partial charge in [-0.15, -0.1) is 0 Å². The van der Waals surface area contributed by atoms with Crippen molar-refractivity contribution in [3.63, 3.8) is 0 Å². The minimum atomic E-state index is -0.108. The second-order valence-electron chi connectivity index (χ2n) is 5.90. The van der Waals surface area contributed by atoms with Crippen LogP contribution in [0.4, 0.5) is 0 Å². The van der Waals surface area contributed by atoms with E-state index in [0.29, 0.717) is 30.9 Å². The number of benzene rings is 2. The van der Waals surface area contributed by atoms with Gasteiger partial charge in [0.1, 0.15) is 13.2 Å². The monoisotopic (exact) mass is 354 g/mol. The number of hydrogen-bond donors (Lipinski definition) is 0. The van der Waals surface area contributed by atoms with E-state index in [1.807, 2.05) is 54.1 Å². The fourth-order valence-corrected chi connectivity index (χ4v) is 3.88. The fourth-order valence-electron chi connectivity index (χ4n) is 2.83. The van der Waals surface area contributed by atoms with Crippen molar-refractivity contribution in [2.75, 3.05) is 13.2 Å². The number of amides is 1. The van der Waals surface area contributed by atoms with Crippen molar-refractivity contribution >= 4 is 27.5 Å². The number of nitrogens with zero attached hydrogens (tertiary/aromatic N) is 2. The Morgan fingerprint density at radius 2 is 1.88 bits per heavy atom. The molecule has 0 spiro atoms. The Labute approximate surface area is 149 Å². The van der Waals surface area contributed by atoms with Gasteiger partial charge in [-0.1, -0.05) is 41.7 Å². The van der Waals surface area contributed by atoms with Crippen LogP contribution in [0.15, 0.2) is 47.5 Å². The summed E-state index contributed by atoms with van der Waals surface area (Å²) in [4.78, 5) is 17.2. The molecule has 0 N–H and O–H groups in total. The lowest BCUT2D eigenvalue weighted by molar-refractivity contribution is -0.118. The molecule has 0 unspecified atom stereocenters. The normalized spacial score (nSPS) is 14.0. The maximum Gasteiger partial charge on any atom is 0.248 e. The maximum absolute atomic E-state index is 12.2. The molecule has 0 aliphatic carbocycles. The first-order valence-electron chi connectivity index (χ1n) is 8.21. The molecule has 1 aliphatic rings. The number of fused-ring (bicyclic) bond motifs is 2. The average Bonchev–Trinajstić information content (AvgIpc) is 2.94. The van der Waals surface area contributed by atoms with Crippen LogP contribution >= 0.6 is 11.3 Å². The first-order chi connectivity index (χ1) is 12.2. The topological polar surface area (TPSA) is 52.8 Å². The van der Waals surface area contributed by atoms with Crippen molar-refractivity contribution in [3.8, 4) is 11.5 Å². The molecule has 3 aromatic rings. The second kappa shape index (κ2) is 6.72. The molecular weight excluding hydrogens is 336 g/mol. The molecule has 6 heteroatoms. The van der Waals surface area contributed by atoms with Crippen molar-refractivity contribution in [2.45, 2.75) is 12.8 Å². The molecule has 0 saturated carbocycles. The van der Waals surface area contributed by atoms with E-state index in [2.05, 4.69) is 4.99 Å². The van der Waals surface area contributed by atoms with Gasteiger partial charge < -0.3 is 14.0 Å². The van der Waals surface area contributed by atoms with E-state index in [1.165, 1.54) is 11.3 Å². The third kappa shape index (κ3) is 3.30. The molecule has 25 heavy (non-hydrogen) atoms. The molecule has 128 valence electrons. The van der Waals surface area contributed by atoms with Gasteiger partial charge in [-0.2, -0.15) is 4.99 Å². The number of carbonyl (C=O) groups is 1. The van der Waals surface area contributed by atoms with Crippen molar-refractivity contribution in [1.82, 2.24) is 4.57 Å². The van der Waals surface area contributed by atoms with E-state index in [0.717, 1.165) is 27.3 Å². The maximum atomic E-state index is 12.2. The lowest BCUT2D eigenvalue weighted by atomic mass is 10.1. The van der Waals surface area contributed by atoms with Gasteiger partial charge in [0.15, 0.2) is 16.3 Å². The van der Waals surface area contributed by atoms with Crippen LogP contribution in [0.25, 0.3) is 10.2 Å². The van der Waals surface area contributed by atoms with Crippen molar-refractivity contribution < 1.29 is 14.3 Å². The molecule has 0 fully saturated rings. The number of ether oxygens (including phenoxy) is 2. The minimum absolute atomic E-state index is 0.108. The van der Waals surface area contributed by atoms with Gasteiger partial charge in [0.05, 0.1) is 10.2 Å². The molecule has 0 radical (unpaired) electrons. The summed E-state index contributed by atoms with van der Waals surface area (Å²) < 4.78 is 14.2. The predicted octanol–water partition coefficient (Wildman–Crippen LogP) is 3.07. The molecule has 1 aliphatic heterocycles. The number of carbonyl (C=O) groups excluding carboxylic acids is 1. The quantitative estimate of drug-likeness (QED) is 0.726. The Morgan fingerprint density at radius 1 is 1.16 bits per heavy atom. The molecule has 1 aromatic heterocycles.